The Morgan fingerprint density at radius 3 is 2.55 bits per heavy atom. The van der Waals surface area contributed by atoms with Crippen LogP contribution in [0, 0.1) is 0 Å². The predicted molar refractivity (Wildman–Crippen MR) is 47.9 cm³/mol. The van der Waals surface area contributed by atoms with Gasteiger partial charge in [-0.2, -0.15) is 0 Å². The van der Waals surface area contributed by atoms with Gasteiger partial charge in [0.05, 0.1) is 0 Å². The number of hydrogen-bond acceptors (Lipinski definition) is 3. The van der Waals surface area contributed by atoms with Gasteiger partial charge in [0.1, 0.15) is 5.70 Å². The van der Waals surface area contributed by atoms with Gasteiger partial charge in [0.2, 0.25) is 5.96 Å². The number of allylic oxidation sites excluding steroid dienone is 1. The third kappa shape index (κ3) is 3.85. The number of aliphatic imine (C=N–C) groups is 3. The van der Waals surface area contributed by atoms with E-state index in [0.717, 1.165) is 0 Å². The average molecular weight is 153 g/mol. The summed E-state index contributed by atoms with van der Waals surface area (Å²) < 4.78 is 0. The molecule has 0 rings (SSSR count). The van der Waals surface area contributed by atoms with Crippen LogP contribution >= 0.6 is 0 Å². The smallest absolute Gasteiger partial charge is 0.220 e. The van der Waals surface area contributed by atoms with Crippen molar-refractivity contribution in [2.24, 2.45) is 26.4 Å². The van der Waals surface area contributed by atoms with Crippen molar-refractivity contribution < 1.29 is 0 Å². The first-order chi connectivity index (χ1) is 5.24. The molecular formula is C6H11N5. The van der Waals surface area contributed by atoms with Gasteiger partial charge in [-0.3, -0.25) is 4.99 Å². The van der Waals surface area contributed by atoms with E-state index in [2.05, 4.69) is 21.7 Å². The summed E-state index contributed by atoms with van der Waals surface area (Å²) in [7, 11) is 1.61. The third-order valence-electron chi connectivity index (χ3n) is 0.838. The molecule has 0 aliphatic carbocycles. The van der Waals surface area contributed by atoms with Gasteiger partial charge in [-0.25, -0.2) is 9.98 Å². The van der Waals surface area contributed by atoms with Crippen LogP contribution in [0.15, 0.2) is 26.9 Å². The van der Waals surface area contributed by atoms with E-state index in [1.54, 1.807) is 7.05 Å². The van der Waals surface area contributed by atoms with Gasteiger partial charge in [-0.1, -0.05) is 0 Å². The van der Waals surface area contributed by atoms with Crippen molar-refractivity contribution in [1.29, 1.82) is 0 Å². The Balaban J connectivity index is 4.43. The topological polar surface area (TPSA) is 89.1 Å². The maximum atomic E-state index is 5.24. The van der Waals surface area contributed by atoms with Gasteiger partial charge in [0.15, 0.2) is 0 Å². The van der Waals surface area contributed by atoms with Gasteiger partial charge in [0.25, 0.3) is 0 Å². The largest absolute Gasteiger partial charge is 0.403 e. The van der Waals surface area contributed by atoms with E-state index >= 15 is 0 Å². The summed E-state index contributed by atoms with van der Waals surface area (Å²) >= 11 is 0. The van der Waals surface area contributed by atoms with Crippen LogP contribution in [-0.4, -0.2) is 25.9 Å². The van der Waals surface area contributed by atoms with Crippen LogP contribution in [0.5, 0.6) is 0 Å². The molecule has 0 fully saturated rings. The maximum absolute atomic E-state index is 5.24. The van der Waals surface area contributed by atoms with Gasteiger partial charge in [-0.05, 0) is 6.72 Å². The molecule has 0 radical (unpaired) electrons. The van der Waals surface area contributed by atoms with E-state index in [0.29, 0.717) is 5.70 Å². The van der Waals surface area contributed by atoms with Crippen molar-refractivity contribution in [3.05, 3.63) is 11.9 Å². The first-order valence-corrected chi connectivity index (χ1v) is 2.89. The molecule has 60 valence electrons. The molecule has 0 saturated carbocycles. The molecule has 0 amide bonds. The second kappa shape index (κ2) is 5.16. The molecule has 0 aromatic carbocycles. The van der Waals surface area contributed by atoms with Crippen LogP contribution in [0.4, 0.5) is 0 Å². The van der Waals surface area contributed by atoms with E-state index in [1.165, 1.54) is 12.4 Å². The van der Waals surface area contributed by atoms with Crippen LogP contribution in [0.25, 0.3) is 0 Å². The summed E-state index contributed by atoms with van der Waals surface area (Å²) in [4.78, 5) is 10.8. The minimum absolute atomic E-state index is 0.0709. The highest BCUT2D eigenvalue weighted by molar-refractivity contribution is 5.88. The van der Waals surface area contributed by atoms with Crippen molar-refractivity contribution >= 4 is 18.9 Å². The second-order valence-corrected chi connectivity index (χ2v) is 1.61. The lowest BCUT2D eigenvalue weighted by molar-refractivity contribution is 1.34. The molecule has 0 unspecified atom stereocenters. The summed E-state index contributed by atoms with van der Waals surface area (Å²) in [6.07, 6.45) is 2.75. The lowest BCUT2D eigenvalue weighted by atomic mass is 10.5. The fourth-order valence-electron chi connectivity index (χ4n) is 0.409. The summed E-state index contributed by atoms with van der Waals surface area (Å²) in [6.45, 7) is 3.19. The molecule has 0 heterocycles. The molecule has 0 aromatic heterocycles. The molecule has 0 saturated heterocycles. The van der Waals surface area contributed by atoms with Gasteiger partial charge in [0, 0.05) is 19.5 Å². The van der Waals surface area contributed by atoms with E-state index in [4.69, 9.17) is 11.5 Å². The first kappa shape index (κ1) is 9.35. The van der Waals surface area contributed by atoms with Crippen molar-refractivity contribution in [2.45, 2.75) is 0 Å². The Bertz CT molecular complexity index is 213. The molecule has 0 atom stereocenters. The number of guanidine groups is 1. The van der Waals surface area contributed by atoms with E-state index in [1.807, 2.05) is 0 Å². The normalized spacial score (nSPS) is 13.9. The molecule has 0 aromatic rings. The second-order valence-electron chi connectivity index (χ2n) is 1.61. The lowest BCUT2D eigenvalue weighted by Crippen LogP contribution is -2.08. The Kier molecular flexibility index (Phi) is 4.39. The minimum atomic E-state index is 0.0709. The fourth-order valence-corrected chi connectivity index (χ4v) is 0.409. The zero-order chi connectivity index (χ0) is 8.69. The third-order valence-corrected chi connectivity index (χ3v) is 0.838. The van der Waals surface area contributed by atoms with Gasteiger partial charge in [-0.15, -0.1) is 0 Å². The Hall–Kier alpha value is -1.65. The summed E-state index contributed by atoms with van der Waals surface area (Å²) in [6, 6.07) is 0. The quantitative estimate of drug-likeness (QED) is 0.413. The standard InChI is InChI=1S/C6H11N5/c1-9-4-5(3-7)11-6(8)10-2/h3-4H,2,7H2,1H3,(H2,8,11). The van der Waals surface area contributed by atoms with E-state index in [9.17, 15) is 0 Å². The van der Waals surface area contributed by atoms with Crippen molar-refractivity contribution in [3.63, 3.8) is 0 Å². The number of nitrogens with two attached hydrogens (primary N) is 2. The molecule has 11 heavy (non-hydrogen) atoms. The van der Waals surface area contributed by atoms with Crippen LogP contribution in [0.2, 0.25) is 0 Å². The Morgan fingerprint density at radius 2 is 2.18 bits per heavy atom. The Morgan fingerprint density at radius 1 is 1.55 bits per heavy atom. The van der Waals surface area contributed by atoms with Crippen LogP contribution in [-0.2, 0) is 0 Å². The molecule has 5 heteroatoms. The van der Waals surface area contributed by atoms with Crippen molar-refractivity contribution in [2.75, 3.05) is 7.05 Å². The molecule has 5 nitrogen and oxygen atoms in total. The van der Waals surface area contributed by atoms with Gasteiger partial charge >= 0.3 is 0 Å². The van der Waals surface area contributed by atoms with Crippen molar-refractivity contribution in [1.82, 2.24) is 0 Å². The first-order valence-electron chi connectivity index (χ1n) is 2.89. The van der Waals surface area contributed by atoms with Crippen LogP contribution in [0.1, 0.15) is 0 Å². The predicted octanol–water partition coefficient (Wildman–Crippen LogP) is -0.498. The molecule has 0 bridgehead atoms. The highest BCUT2D eigenvalue weighted by Gasteiger charge is 1.88. The maximum Gasteiger partial charge on any atom is 0.220 e. The zero-order valence-electron chi connectivity index (χ0n) is 6.36. The molecule has 0 spiro atoms. The monoisotopic (exact) mass is 153 g/mol. The van der Waals surface area contributed by atoms with Gasteiger partial charge < -0.3 is 11.5 Å². The lowest BCUT2D eigenvalue weighted by Gasteiger charge is -1.91. The van der Waals surface area contributed by atoms with Crippen molar-refractivity contribution in [3.8, 4) is 0 Å². The number of hydrogen-bond donors (Lipinski definition) is 2. The highest BCUT2D eigenvalue weighted by Crippen LogP contribution is 1.89. The molecule has 0 aliphatic heterocycles. The molecule has 4 N–H and O–H groups in total. The Labute approximate surface area is 65.2 Å². The van der Waals surface area contributed by atoms with Crippen LogP contribution < -0.4 is 11.5 Å². The fraction of sp³-hybridized carbons (Fsp3) is 0.167. The number of nitrogens with zero attached hydrogens (tertiary/aromatic N) is 3. The highest BCUT2D eigenvalue weighted by atomic mass is 15.0. The summed E-state index contributed by atoms with van der Waals surface area (Å²) in [5.74, 6) is 0.0709. The number of rotatable bonds is 2. The zero-order valence-corrected chi connectivity index (χ0v) is 6.36. The SMILES string of the molecule is C=NC(N)=NC(C=NC)=CN. The van der Waals surface area contributed by atoms with E-state index in [-0.39, 0.29) is 5.96 Å². The summed E-state index contributed by atoms with van der Waals surface area (Å²) in [5.41, 5.74) is 10.9. The molecular weight excluding hydrogens is 142 g/mol. The summed E-state index contributed by atoms with van der Waals surface area (Å²) in [5, 5.41) is 0. The minimum Gasteiger partial charge on any atom is -0.403 e. The molecule has 0 aliphatic rings. The average Bonchev–Trinajstić information content (AvgIpc) is 2.03. The van der Waals surface area contributed by atoms with Crippen LogP contribution in [0.3, 0.4) is 0 Å². The van der Waals surface area contributed by atoms with E-state index < -0.39 is 0 Å².